The van der Waals surface area contributed by atoms with Gasteiger partial charge in [-0.15, -0.1) is 0 Å². The molecule has 0 fully saturated rings. The minimum atomic E-state index is 0. The van der Waals surface area contributed by atoms with Crippen molar-refractivity contribution in [2.75, 3.05) is 0 Å². The van der Waals surface area contributed by atoms with Gasteiger partial charge < -0.3 is 0 Å². The van der Waals surface area contributed by atoms with E-state index in [4.69, 9.17) is 0 Å². The van der Waals surface area contributed by atoms with E-state index in [2.05, 4.69) is 0 Å². The van der Waals surface area contributed by atoms with Crippen molar-refractivity contribution in [1.29, 1.82) is 0 Å². The smallest absolute Gasteiger partial charge is 2.00 e. The topological polar surface area (TPSA) is 0 Å². The second-order valence-corrected chi connectivity index (χ2v) is 0. The van der Waals surface area contributed by atoms with E-state index >= 15 is 0 Å². The van der Waals surface area contributed by atoms with Crippen molar-refractivity contribution in [3.05, 3.63) is 0 Å². The molecule has 0 aliphatic carbocycles. The third-order valence-electron chi connectivity index (χ3n) is 0. The maximum Gasteiger partial charge on any atom is 2.00 e. The van der Waals surface area contributed by atoms with Gasteiger partial charge in [-0.3, -0.25) is 0 Å². The summed E-state index contributed by atoms with van der Waals surface area (Å²) >= 11 is 0. The fraction of sp³-hybridized carbons (Fsp3) is 0. The van der Waals surface area contributed by atoms with Crippen molar-refractivity contribution in [1.82, 2.24) is 0 Å². The van der Waals surface area contributed by atoms with E-state index in [1.165, 1.54) is 0 Å². The minimum absolute atomic E-state index is 0. The van der Waals surface area contributed by atoms with Crippen LogP contribution in [-0.2, 0) is 0 Å². The zero-order valence-electron chi connectivity index (χ0n) is 27.6. The van der Waals surface area contributed by atoms with Crippen LogP contribution in [0.1, 0.15) is 0 Å². The van der Waals surface area contributed by atoms with E-state index in [-0.39, 0.29) is 1470 Å². The molecule has 0 nitrogen and oxygen atoms in total. The van der Waals surface area contributed by atoms with Gasteiger partial charge in [-0.1, -0.05) is 0 Å². The van der Waals surface area contributed by atoms with Gasteiger partial charge in [-0.05, 0) is 0 Å². The van der Waals surface area contributed by atoms with E-state index in [0.29, 0.717) is 0 Å². The first-order chi connectivity index (χ1) is 0. The van der Waals surface area contributed by atoms with Gasteiger partial charge in [0, 0.05) is 0 Å². The molecule has 0 saturated carbocycles. The normalized spacial score (nSPS) is 0. The van der Waals surface area contributed by atoms with E-state index < -0.39 is 0 Å². The van der Waals surface area contributed by atoms with Crippen LogP contribution in [0.2, 0.25) is 0 Å². The second kappa shape index (κ2) is 268. The largest absolute Gasteiger partial charge is 2.00 e. The molecule has 39 heteroatoms. The molecule has 0 aromatic rings. The number of rotatable bonds is 0. The predicted molar refractivity (Wildman–Crippen MR) is 224 cm³/mol. The SMILES string of the molecule is [Ca+2].[Ca+2].[Ca+2].[Ca+2].[Ca+2].[Ca+2].[Ca+2].[Ca+2].[Ca+2].[Ca+2].[Ca+2].[Ca+2].[Ca+2].[Ca+2].[Ca+2].[Ca+2].[Ca+2].[Ca+2].[Ca+2].[Ca+2].[Ca+2].[Ca+2].[Ca+2].[Ca+2].[Ca+2].[Ca+2].[Ca+2].[Ca+2].[Ca+2].[Ca+2].[Ca+2].[Ca+2].[Ca+2].[Ca+2].[Ca+2].[Ca+2].[Ca+2].[Ca+2].[Ca+2]. The molecule has 0 unspecified atom stereocenters. The number of hydrogen-bond donors (Lipinski definition) is 0. The van der Waals surface area contributed by atoms with E-state index in [0.717, 1.165) is 0 Å². The fourth-order valence-corrected chi connectivity index (χ4v) is 0. The van der Waals surface area contributed by atoms with Gasteiger partial charge in [-0.25, -0.2) is 0 Å². The Balaban J connectivity index is 0. The maximum absolute atomic E-state index is 0. The molecule has 0 aromatic heterocycles. The van der Waals surface area contributed by atoms with Crippen LogP contribution in [0.4, 0.5) is 0 Å². The Morgan fingerprint density at radius 3 is 0.0256 bits per heavy atom. The molecule has 0 aromatic carbocycles. The summed E-state index contributed by atoms with van der Waals surface area (Å²) in [6, 6.07) is 0. The van der Waals surface area contributed by atoms with Crippen molar-refractivity contribution >= 4 is 1470 Å². The minimum Gasteiger partial charge on any atom is 2.00 e. The van der Waals surface area contributed by atoms with Gasteiger partial charge >= 0.3 is 1470 Å². The van der Waals surface area contributed by atoms with Gasteiger partial charge in [0.15, 0.2) is 0 Å². The fourth-order valence-electron chi connectivity index (χ4n) is 0. The molecule has 0 aliphatic rings. The molecule has 0 radical (unpaired) electrons. The molecule has 0 spiro atoms. The van der Waals surface area contributed by atoms with Gasteiger partial charge in [0.2, 0.25) is 0 Å². The van der Waals surface area contributed by atoms with Crippen molar-refractivity contribution in [3.8, 4) is 0 Å². The Bertz CT molecular complexity index is 0. The molecule has 0 atom stereocenters. The molecule has 0 rings (SSSR count). The van der Waals surface area contributed by atoms with Crippen LogP contribution in [0, 0.1) is 0 Å². The van der Waals surface area contributed by atoms with Crippen LogP contribution in [0.15, 0.2) is 0 Å². The van der Waals surface area contributed by atoms with Gasteiger partial charge in [0.25, 0.3) is 0 Å². The molecule has 39 heavy (non-hydrogen) atoms. The Morgan fingerprint density at radius 1 is 0.0256 bits per heavy atom. The van der Waals surface area contributed by atoms with Crippen molar-refractivity contribution in [2.24, 2.45) is 0 Å². The van der Waals surface area contributed by atoms with E-state index in [1.807, 2.05) is 0 Å². The third kappa shape index (κ3) is 262. The van der Waals surface area contributed by atoms with Crippen LogP contribution in [0.5, 0.6) is 0 Å². The van der Waals surface area contributed by atoms with E-state index in [9.17, 15) is 0 Å². The van der Waals surface area contributed by atoms with Gasteiger partial charge in [0.05, 0.1) is 0 Å². The van der Waals surface area contributed by atoms with Crippen LogP contribution < -0.4 is 0 Å². The Kier molecular flexibility index (Phi) is 1900. The van der Waals surface area contributed by atoms with Crippen LogP contribution in [0.3, 0.4) is 0 Å². The zero-order chi connectivity index (χ0) is 0. The average molecular weight is 1560 g/mol. The third-order valence-corrected chi connectivity index (χ3v) is 0. The van der Waals surface area contributed by atoms with Crippen molar-refractivity contribution in [3.63, 3.8) is 0 Å². The van der Waals surface area contributed by atoms with Crippen LogP contribution in [-0.4, -0.2) is 1470 Å². The molecule has 0 amide bonds. The van der Waals surface area contributed by atoms with Crippen molar-refractivity contribution < 1.29 is 0 Å². The summed E-state index contributed by atoms with van der Waals surface area (Å²) in [4.78, 5) is 0. The summed E-state index contributed by atoms with van der Waals surface area (Å²) < 4.78 is 0. The standard InChI is InChI=1S/39Ca/q39*+2. The Morgan fingerprint density at radius 2 is 0.0256 bits per heavy atom. The molecular formula is Ca39+78. The predicted octanol–water partition coefficient (Wildman–Crippen LogP) is -14.9. The number of hydrogen-bond acceptors (Lipinski definition) is 0. The Hall–Kier alpha value is 49.1. The Labute approximate surface area is 1410 Å². The molecule has 0 aliphatic heterocycles. The first kappa shape index (κ1) is 277. The maximum atomic E-state index is 0. The summed E-state index contributed by atoms with van der Waals surface area (Å²) in [5.74, 6) is 0. The monoisotopic (exact) mass is 1560 g/mol. The molecule has 0 bridgehead atoms. The first-order valence-electron chi connectivity index (χ1n) is 0. The molecule has 0 valence electrons. The average Bonchev–Trinajstić information content (AvgIpc) is 0. The summed E-state index contributed by atoms with van der Waals surface area (Å²) in [6.45, 7) is 0. The van der Waals surface area contributed by atoms with Gasteiger partial charge in [0.1, 0.15) is 0 Å². The molecular weight excluding hydrogens is 1560 g/mol. The van der Waals surface area contributed by atoms with Crippen LogP contribution >= 0.6 is 0 Å². The summed E-state index contributed by atoms with van der Waals surface area (Å²) in [5.41, 5.74) is 0. The second-order valence-electron chi connectivity index (χ2n) is 0. The van der Waals surface area contributed by atoms with Crippen LogP contribution in [0.25, 0.3) is 0 Å². The summed E-state index contributed by atoms with van der Waals surface area (Å²) in [5, 5.41) is 0. The van der Waals surface area contributed by atoms with Crippen molar-refractivity contribution in [2.45, 2.75) is 0 Å². The zero-order valence-corrected chi connectivity index (χ0v) is 114. The summed E-state index contributed by atoms with van der Waals surface area (Å²) in [6.07, 6.45) is 0. The first-order valence-corrected chi connectivity index (χ1v) is 0. The summed E-state index contributed by atoms with van der Waals surface area (Å²) in [7, 11) is 0. The molecule has 0 N–H and O–H groups in total. The molecule has 0 heterocycles. The molecule has 0 saturated heterocycles. The van der Waals surface area contributed by atoms with Gasteiger partial charge in [-0.2, -0.15) is 0 Å². The quantitative estimate of drug-likeness (QED) is 0.212. The van der Waals surface area contributed by atoms with E-state index in [1.54, 1.807) is 0 Å².